The maximum absolute atomic E-state index is 13.1. The first kappa shape index (κ1) is 26.5. The van der Waals surface area contributed by atoms with E-state index in [2.05, 4.69) is 9.71 Å². The van der Waals surface area contributed by atoms with Gasteiger partial charge in [-0.1, -0.05) is 36.4 Å². The number of ether oxygens (including phenoxy) is 3. The van der Waals surface area contributed by atoms with Crippen molar-refractivity contribution in [2.45, 2.75) is 70.6 Å². The molecule has 0 amide bonds. The summed E-state index contributed by atoms with van der Waals surface area (Å²) >= 11 is 0. The van der Waals surface area contributed by atoms with Gasteiger partial charge >= 0.3 is 12.1 Å². The molecule has 0 radical (unpaired) electrons. The van der Waals surface area contributed by atoms with Crippen molar-refractivity contribution in [3.8, 4) is 0 Å². The van der Waals surface area contributed by atoms with E-state index in [1.54, 1.807) is 59.9 Å². The van der Waals surface area contributed by atoms with Crippen LogP contribution in [-0.4, -0.2) is 37.8 Å². The van der Waals surface area contributed by atoms with Crippen molar-refractivity contribution in [1.82, 2.24) is 9.71 Å². The molecular formula is C24H32N2O6S. The van der Waals surface area contributed by atoms with Crippen LogP contribution in [0.15, 0.2) is 54.9 Å². The number of pyridine rings is 1. The van der Waals surface area contributed by atoms with Crippen LogP contribution >= 0.6 is 0 Å². The van der Waals surface area contributed by atoms with Crippen molar-refractivity contribution in [2.75, 3.05) is 0 Å². The molecule has 33 heavy (non-hydrogen) atoms. The molecular weight excluding hydrogens is 444 g/mol. The topological polar surface area (TPSA) is 104 Å². The molecule has 0 fully saturated rings. The van der Waals surface area contributed by atoms with Crippen molar-refractivity contribution in [1.29, 1.82) is 0 Å². The Balaban J connectivity index is 2.37. The minimum Gasteiger partial charge on any atom is -0.458 e. The molecule has 0 saturated carbocycles. The summed E-state index contributed by atoms with van der Waals surface area (Å²) in [7, 11) is -1.60. The average Bonchev–Trinajstić information content (AvgIpc) is 2.73. The largest absolute Gasteiger partial charge is 0.509 e. The molecule has 1 aromatic heterocycles. The van der Waals surface area contributed by atoms with E-state index < -0.39 is 45.6 Å². The molecule has 1 heterocycles. The van der Waals surface area contributed by atoms with E-state index in [1.165, 1.54) is 6.20 Å². The molecule has 180 valence electrons. The lowest BCUT2D eigenvalue weighted by Crippen LogP contribution is -2.46. The Kier molecular flexibility index (Phi) is 9.13. The van der Waals surface area contributed by atoms with E-state index in [4.69, 9.17) is 14.2 Å². The van der Waals surface area contributed by atoms with Crippen LogP contribution in [0.3, 0.4) is 0 Å². The highest BCUT2D eigenvalue weighted by Gasteiger charge is 2.38. The van der Waals surface area contributed by atoms with Crippen molar-refractivity contribution in [3.05, 3.63) is 66.0 Å². The Labute approximate surface area is 197 Å². The lowest BCUT2D eigenvalue weighted by Gasteiger charge is -2.29. The number of esters is 1. The summed E-state index contributed by atoms with van der Waals surface area (Å²) in [5.41, 5.74) is 0.437. The standard InChI is InChI=1S/C24H32N2O6S/c1-23(2,3)32-22(28)31-20(21(27)30-16-17-11-8-7-9-12-17)19(18-13-10-14-25-15-18)26-33(29)24(4,5)6/h7-15,19-20,26H,16H2,1-6H3/t19-,20+,33+/m0/s1. The zero-order chi connectivity index (χ0) is 24.6. The molecule has 0 bridgehead atoms. The fraction of sp³-hybridized carbons (Fsp3) is 0.458. The molecule has 3 atom stereocenters. The second-order valence-electron chi connectivity index (χ2n) is 9.36. The first-order valence-electron chi connectivity index (χ1n) is 10.5. The second-order valence-corrected chi connectivity index (χ2v) is 11.4. The highest BCUT2D eigenvalue weighted by molar-refractivity contribution is 7.84. The fourth-order valence-corrected chi connectivity index (χ4v) is 3.44. The monoisotopic (exact) mass is 476 g/mol. The first-order valence-corrected chi connectivity index (χ1v) is 11.7. The van der Waals surface area contributed by atoms with Gasteiger partial charge in [-0.15, -0.1) is 0 Å². The first-order chi connectivity index (χ1) is 15.4. The molecule has 1 aromatic carbocycles. The van der Waals surface area contributed by atoms with E-state index in [-0.39, 0.29) is 6.61 Å². The van der Waals surface area contributed by atoms with Crippen molar-refractivity contribution in [2.24, 2.45) is 0 Å². The molecule has 8 nitrogen and oxygen atoms in total. The molecule has 9 heteroatoms. The number of carbonyl (C=O) groups is 2. The van der Waals surface area contributed by atoms with Crippen LogP contribution in [0.2, 0.25) is 0 Å². The maximum atomic E-state index is 13.1. The van der Waals surface area contributed by atoms with Gasteiger partial charge in [0.05, 0.1) is 21.8 Å². The normalized spacial score (nSPS) is 14.6. The summed E-state index contributed by atoms with van der Waals surface area (Å²) in [5, 5.41) is 0. The number of aromatic nitrogens is 1. The van der Waals surface area contributed by atoms with Gasteiger partial charge in [-0.2, -0.15) is 0 Å². The number of hydrogen-bond donors (Lipinski definition) is 1. The highest BCUT2D eigenvalue weighted by Crippen LogP contribution is 2.25. The van der Waals surface area contributed by atoms with E-state index in [0.717, 1.165) is 5.56 Å². The third-order valence-corrected chi connectivity index (χ3v) is 5.79. The van der Waals surface area contributed by atoms with Crippen molar-refractivity contribution >= 4 is 23.1 Å². The lowest BCUT2D eigenvalue weighted by molar-refractivity contribution is -0.159. The SMILES string of the molecule is CC(C)(C)OC(=O)O[C@@H](C(=O)OCc1ccccc1)[C@@H](N[S@](=O)C(C)(C)C)c1cccnc1. The Hall–Kier alpha value is -2.78. The smallest absolute Gasteiger partial charge is 0.458 e. The number of rotatable bonds is 8. The number of benzene rings is 1. The van der Waals surface area contributed by atoms with Gasteiger partial charge in [-0.05, 0) is 58.7 Å². The Morgan fingerprint density at radius 2 is 1.70 bits per heavy atom. The predicted molar refractivity (Wildman–Crippen MR) is 125 cm³/mol. The van der Waals surface area contributed by atoms with Gasteiger partial charge in [0.15, 0.2) is 0 Å². The predicted octanol–water partition coefficient (Wildman–Crippen LogP) is 4.24. The Morgan fingerprint density at radius 3 is 2.24 bits per heavy atom. The molecule has 1 N–H and O–H groups in total. The molecule has 2 rings (SSSR count). The molecule has 2 aromatic rings. The van der Waals surface area contributed by atoms with E-state index in [9.17, 15) is 13.8 Å². The van der Waals surface area contributed by atoms with Crippen LogP contribution in [0.25, 0.3) is 0 Å². The van der Waals surface area contributed by atoms with Crippen LogP contribution in [0.1, 0.15) is 58.7 Å². The molecule has 0 unspecified atom stereocenters. The number of nitrogens with one attached hydrogen (secondary N) is 1. The quantitative estimate of drug-likeness (QED) is 0.568. The zero-order valence-corrected chi connectivity index (χ0v) is 20.7. The molecule has 0 aliphatic rings. The minimum atomic E-state index is -1.60. The molecule has 0 aliphatic heterocycles. The third kappa shape index (κ3) is 8.94. The Morgan fingerprint density at radius 1 is 1.03 bits per heavy atom. The van der Waals surface area contributed by atoms with Gasteiger partial charge < -0.3 is 14.2 Å². The lowest BCUT2D eigenvalue weighted by atomic mass is 10.0. The van der Waals surface area contributed by atoms with Crippen molar-refractivity contribution < 1.29 is 28.0 Å². The number of nitrogens with zero attached hydrogens (tertiary/aromatic N) is 1. The van der Waals surface area contributed by atoms with E-state index in [0.29, 0.717) is 5.56 Å². The second kappa shape index (κ2) is 11.4. The van der Waals surface area contributed by atoms with Crippen LogP contribution in [0, 0.1) is 0 Å². The van der Waals surface area contributed by atoms with Gasteiger partial charge in [-0.25, -0.2) is 18.5 Å². The van der Waals surface area contributed by atoms with E-state index in [1.807, 2.05) is 30.3 Å². The van der Waals surface area contributed by atoms with Crippen LogP contribution < -0.4 is 4.72 Å². The minimum absolute atomic E-state index is 0.0179. The van der Waals surface area contributed by atoms with E-state index >= 15 is 0 Å². The summed E-state index contributed by atoms with van der Waals surface area (Å²) < 4.78 is 31.4. The Bertz CT molecular complexity index is 939. The van der Waals surface area contributed by atoms with Crippen LogP contribution in [-0.2, 0) is 36.6 Å². The summed E-state index contributed by atoms with van der Waals surface area (Å²) in [6, 6.07) is 11.5. The van der Waals surface area contributed by atoms with Crippen LogP contribution in [0.5, 0.6) is 0 Å². The highest BCUT2D eigenvalue weighted by atomic mass is 32.2. The molecule has 0 saturated heterocycles. The third-order valence-electron chi connectivity index (χ3n) is 4.21. The molecule has 0 aliphatic carbocycles. The summed E-state index contributed by atoms with van der Waals surface area (Å²) in [6.45, 7) is 10.4. The summed E-state index contributed by atoms with van der Waals surface area (Å²) in [4.78, 5) is 29.7. The number of carbonyl (C=O) groups excluding carboxylic acids is 2. The van der Waals surface area contributed by atoms with Gasteiger partial charge in [0.1, 0.15) is 12.2 Å². The van der Waals surface area contributed by atoms with Gasteiger partial charge in [0.25, 0.3) is 0 Å². The van der Waals surface area contributed by atoms with Gasteiger partial charge in [0.2, 0.25) is 6.10 Å². The zero-order valence-electron chi connectivity index (χ0n) is 19.9. The van der Waals surface area contributed by atoms with Crippen LogP contribution in [0.4, 0.5) is 4.79 Å². The average molecular weight is 477 g/mol. The summed E-state index contributed by atoms with van der Waals surface area (Å²) in [5.74, 6) is -0.808. The van der Waals surface area contributed by atoms with Gasteiger partial charge in [-0.3, -0.25) is 4.98 Å². The maximum Gasteiger partial charge on any atom is 0.509 e. The van der Waals surface area contributed by atoms with Crippen molar-refractivity contribution in [3.63, 3.8) is 0 Å². The summed E-state index contributed by atoms with van der Waals surface area (Å²) in [6.07, 6.45) is 0.562. The number of hydrogen-bond acceptors (Lipinski definition) is 7. The fourth-order valence-electron chi connectivity index (χ4n) is 2.60. The van der Waals surface area contributed by atoms with Gasteiger partial charge in [0, 0.05) is 12.4 Å². The molecule has 0 spiro atoms.